The van der Waals surface area contributed by atoms with Crippen LogP contribution >= 0.6 is 0 Å². The van der Waals surface area contributed by atoms with Gasteiger partial charge in [-0.2, -0.15) is 0 Å². The summed E-state index contributed by atoms with van der Waals surface area (Å²) in [5, 5.41) is 0. The van der Waals surface area contributed by atoms with E-state index in [1.807, 2.05) is 24.3 Å². The maximum Gasteiger partial charge on any atom is 0.338 e. The van der Waals surface area contributed by atoms with Crippen LogP contribution in [-0.2, 0) is 16.0 Å². The fraction of sp³-hybridized carbons (Fsp3) is 0.533. The standard InChI is InChI=1S/C15H21NO3/c1-18-11-12-7-8-16(9-12)10-13-5-3-4-6-14(13)15(17)19-2/h3-6,12H,7-11H2,1-2H3. The lowest BCUT2D eigenvalue weighted by molar-refractivity contribution is 0.0598. The number of ether oxygens (including phenoxy) is 2. The second-order valence-corrected chi connectivity index (χ2v) is 4.99. The highest BCUT2D eigenvalue weighted by Gasteiger charge is 2.23. The molecule has 1 fully saturated rings. The zero-order chi connectivity index (χ0) is 13.7. The van der Waals surface area contributed by atoms with Gasteiger partial charge >= 0.3 is 5.97 Å². The maximum atomic E-state index is 11.7. The minimum absolute atomic E-state index is 0.261. The number of esters is 1. The van der Waals surface area contributed by atoms with E-state index in [1.165, 1.54) is 7.11 Å². The van der Waals surface area contributed by atoms with E-state index in [2.05, 4.69) is 4.90 Å². The van der Waals surface area contributed by atoms with Crippen LogP contribution in [0.2, 0.25) is 0 Å². The van der Waals surface area contributed by atoms with E-state index >= 15 is 0 Å². The van der Waals surface area contributed by atoms with Crippen LogP contribution in [0.15, 0.2) is 24.3 Å². The lowest BCUT2D eigenvalue weighted by Gasteiger charge is -2.17. The summed E-state index contributed by atoms with van der Waals surface area (Å²) in [6.07, 6.45) is 1.16. The smallest absolute Gasteiger partial charge is 0.338 e. The number of methoxy groups -OCH3 is 2. The Morgan fingerprint density at radius 1 is 1.37 bits per heavy atom. The monoisotopic (exact) mass is 263 g/mol. The molecule has 0 aliphatic carbocycles. The lowest BCUT2D eigenvalue weighted by Crippen LogP contribution is -2.22. The zero-order valence-corrected chi connectivity index (χ0v) is 11.6. The predicted octanol–water partition coefficient (Wildman–Crippen LogP) is 1.94. The molecule has 0 spiro atoms. The zero-order valence-electron chi connectivity index (χ0n) is 11.6. The molecule has 4 heteroatoms. The van der Waals surface area contributed by atoms with Crippen molar-refractivity contribution in [2.45, 2.75) is 13.0 Å². The Morgan fingerprint density at radius 3 is 2.89 bits per heavy atom. The largest absolute Gasteiger partial charge is 0.465 e. The van der Waals surface area contributed by atoms with Crippen molar-refractivity contribution >= 4 is 5.97 Å². The van der Waals surface area contributed by atoms with Gasteiger partial charge in [-0.3, -0.25) is 4.90 Å². The van der Waals surface area contributed by atoms with Crippen LogP contribution in [0.4, 0.5) is 0 Å². The SMILES string of the molecule is COCC1CCN(Cc2ccccc2C(=O)OC)C1. The molecule has 1 aliphatic rings. The van der Waals surface area contributed by atoms with Gasteiger partial charge in [-0.05, 0) is 30.5 Å². The molecule has 0 saturated carbocycles. The summed E-state index contributed by atoms with van der Waals surface area (Å²) in [6.45, 7) is 3.70. The Morgan fingerprint density at radius 2 is 2.16 bits per heavy atom. The molecule has 1 atom stereocenters. The maximum absolute atomic E-state index is 11.7. The first-order chi connectivity index (χ1) is 9.24. The normalized spacial score (nSPS) is 19.6. The van der Waals surface area contributed by atoms with E-state index in [9.17, 15) is 4.79 Å². The molecule has 0 N–H and O–H groups in total. The molecule has 1 heterocycles. The van der Waals surface area contributed by atoms with E-state index in [4.69, 9.17) is 9.47 Å². The fourth-order valence-corrected chi connectivity index (χ4v) is 2.64. The van der Waals surface area contributed by atoms with Crippen molar-refractivity contribution in [3.63, 3.8) is 0 Å². The van der Waals surface area contributed by atoms with Crippen molar-refractivity contribution in [3.8, 4) is 0 Å². The minimum atomic E-state index is -0.261. The summed E-state index contributed by atoms with van der Waals surface area (Å²) >= 11 is 0. The molecule has 0 amide bonds. The van der Waals surface area contributed by atoms with Crippen LogP contribution in [0.5, 0.6) is 0 Å². The molecule has 0 bridgehead atoms. The average molecular weight is 263 g/mol. The topological polar surface area (TPSA) is 38.8 Å². The molecular weight excluding hydrogens is 242 g/mol. The highest BCUT2D eigenvalue weighted by atomic mass is 16.5. The second kappa shape index (κ2) is 6.68. The lowest BCUT2D eigenvalue weighted by atomic mass is 10.1. The van der Waals surface area contributed by atoms with Crippen molar-refractivity contribution in [2.24, 2.45) is 5.92 Å². The summed E-state index contributed by atoms with van der Waals surface area (Å²) in [7, 11) is 3.17. The highest BCUT2D eigenvalue weighted by Crippen LogP contribution is 2.20. The third-order valence-corrected chi connectivity index (χ3v) is 3.59. The third kappa shape index (κ3) is 3.55. The highest BCUT2D eigenvalue weighted by molar-refractivity contribution is 5.90. The van der Waals surface area contributed by atoms with E-state index < -0.39 is 0 Å². The first-order valence-corrected chi connectivity index (χ1v) is 6.62. The molecule has 1 unspecified atom stereocenters. The predicted molar refractivity (Wildman–Crippen MR) is 73.0 cm³/mol. The molecule has 1 aromatic rings. The molecule has 2 rings (SSSR count). The van der Waals surface area contributed by atoms with Crippen LogP contribution in [0.1, 0.15) is 22.3 Å². The van der Waals surface area contributed by atoms with Crippen LogP contribution in [0.25, 0.3) is 0 Å². The summed E-state index contributed by atoms with van der Waals surface area (Å²) in [4.78, 5) is 14.1. The van der Waals surface area contributed by atoms with Crippen LogP contribution in [0, 0.1) is 5.92 Å². The Kier molecular flexibility index (Phi) is 4.93. The van der Waals surface area contributed by atoms with Crippen molar-refractivity contribution in [3.05, 3.63) is 35.4 Å². The number of benzene rings is 1. The molecule has 19 heavy (non-hydrogen) atoms. The van der Waals surface area contributed by atoms with Gasteiger partial charge in [0.2, 0.25) is 0 Å². The number of nitrogens with zero attached hydrogens (tertiary/aromatic N) is 1. The van der Waals surface area contributed by atoms with Gasteiger partial charge < -0.3 is 9.47 Å². The van der Waals surface area contributed by atoms with Crippen LogP contribution in [-0.4, -0.2) is 44.8 Å². The van der Waals surface area contributed by atoms with Crippen molar-refractivity contribution < 1.29 is 14.3 Å². The van der Waals surface area contributed by atoms with Gasteiger partial charge in [0.1, 0.15) is 0 Å². The van der Waals surface area contributed by atoms with Crippen molar-refractivity contribution in [2.75, 3.05) is 33.9 Å². The molecule has 1 aliphatic heterocycles. The third-order valence-electron chi connectivity index (χ3n) is 3.59. The number of carbonyl (C=O) groups is 1. The van der Waals surface area contributed by atoms with Crippen molar-refractivity contribution in [1.29, 1.82) is 0 Å². The van der Waals surface area contributed by atoms with E-state index in [-0.39, 0.29) is 5.97 Å². The Labute approximate surface area is 114 Å². The molecule has 1 aromatic carbocycles. The fourth-order valence-electron chi connectivity index (χ4n) is 2.64. The molecule has 0 radical (unpaired) electrons. The Balaban J connectivity index is 2.02. The first-order valence-electron chi connectivity index (χ1n) is 6.62. The van der Waals surface area contributed by atoms with E-state index in [0.29, 0.717) is 11.5 Å². The quantitative estimate of drug-likeness (QED) is 0.761. The summed E-state index contributed by atoms with van der Waals surface area (Å²) < 4.78 is 10.0. The number of rotatable bonds is 5. The summed E-state index contributed by atoms with van der Waals surface area (Å²) in [5.74, 6) is 0.346. The van der Waals surface area contributed by atoms with Crippen LogP contribution < -0.4 is 0 Å². The van der Waals surface area contributed by atoms with Gasteiger partial charge in [0.25, 0.3) is 0 Å². The molecular formula is C15H21NO3. The minimum Gasteiger partial charge on any atom is -0.465 e. The Hall–Kier alpha value is -1.39. The van der Waals surface area contributed by atoms with Gasteiger partial charge in [0.05, 0.1) is 19.3 Å². The number of carbonyl (C=O) groups excluding carboxylic acids is 1. The van der Waals surface area contributed by atoms with Gasteiger partial charge in [-0.1, -0.05) is 18.2 Å². The second-order valence-electron chi connectivity index (χ2n) is 4.99. The van der Waals surface area contributed by atoms with Crippen molar-refractivity contribution in [1.82, 2.24) is 4.90 Å². The van der Waals surface area contributed by atoms with E-state index in [1.54, 1.807) is 7.11 Å². The molecule has 1 saturated heterocycles. The average Bonchev–Trinajstić information content (AvgIpc) is 2.86. The Bertz CT molecular complexity index is 433. The summed E-state index contributed by atoms with van der Waals surface area (Å²) in [6, 6.07) is 7.65. The molecule has 4 nitrogen and oxygen atoms in total. The summed E-state index contributed by atoms with van der Waals surface area (Å²) in [5.41, 5.74) is 1.70. The number of hydrogen-bond acceptors (Lipinski definition) is 4. The number of likely N-dealkylation sites (tertiary alicyclic amines) is 1. The first kappa shape index (κ1) is 14.0. The van der Waals surface area contributed by atoms with Gasteiger partial charge in [0.15, 0.2) is 0 Å². The molecule has 104 valence electrons. The van der Waals surface area contributed by atoms with Gasteiger partial charge in [-0.25, -0.2) is 4.79 Å². The number of hydrogen-bond donors (Lipinski definition) is 0. The van der Waals surface area contributed by atoms with Crippen LogP contribution in [0.3, 0.4) is 0 Å². The van der Waals surface area contributed by atoms with Gasteiger partial charge in [0, 0.05) is 20.2 Å². The van der Waals surface area contributed by atoms with E-state index in [0.717, 1.165) is 38.2 Å². The van der Waals surface area contributed by atoms with Gasteiger partial charge in [-0.15, -0.1) is 0 Å². The molecule has 0 aromatic heterocycles.